The number of amides is 1. The van der Waals surface area contributed by atoms with E-state index < -0.39 is 0 Å². The van der Waals surface area contributed by atoms with Crippen LogP contribution >= 0.6 is 22.9 Å². The Bertz CT molecular complexity index is 626. The Hall–Kier alpha value is -1.36. The number of halogens is 1. The highest BCUT2D eigenvalue weighted by Gasteiger charge is 2.19. The number of benzene rings is 1. The Labute approximate surface area is 126 Å². The van der Waals surface area contributed by atoms with Gasteiger partial charge in [-0.3, -0.25) is 4.79 Å². The highest BCUT2D eigenvalue weighted by atomic mass is 35.5. The summed E-state index contributed by atoms with van der Waals surface area (Å²) in [5.74, 6) is -0.0932. The van der Waals surface area contributed by atoms with Gasteiger partial charge in [-0.15, -0.1) is 11.3 Å². The van der Waals surface area contributed by atoms with Crippen molar-refractivity contribution < 1.29 is 9.53 Å². The SMILES string of the molecule is O=C(NCC1Cc2ccccc2CO1)c1ccc(Cl)s1. The van der Waals surface area contributed by atoms with E-state index >= 15 is 0 Å². The molecule has 5 heteroatoms. The number of carbonyl (C=O) groups excluding carboxylic acids is 1. The monoisotopic (exact) mass is 307 g/mol. The third kappa shape index (κ3) is 3.03. The second kappa shape index (κ2) is 5.95. The minimum Gasteiger partial charge on any atom is -0.371 e. The minimum absolute atomic E-state index is 0.0317. The summed E-state index contributed by atoms with van der Waals surface area (Å²) in [6.45, 7) is 1.13. The van der Waals surface area contributed by atoms with E-state index in [0.717, 1.165) is 6.42 Å². The van der Waals surface area contributed by atoms with Gasteiger partial charge >= 0.3 is 0 Å². The molecule has 1 aliphatic heterocycles. The predicted octanol–water partition coefficient (Wildman–Crippen LogP) is 3.27. The predicted molar refractivity (Wildman–Crippen MR) is 80.4 cm³/mol. The topological polar surface area (TPSA) is 38.3 Å². The van der Waals surface area contributed by atoms with E-state index in [1.54, 1.807) is 12.1 Å². The van der Waals surface area contributed by atoms with Crippen LogP contribution < -0.4 is 5.32 Å². The first kappa shape index (κ1) is 13.6. The molecule has 0 fully saturated rings. The van der Waals surface area contributed by atoms with Crippen molar-refractivity contribution >= 4 is 28.8 Å². The molecule has 104 valence electrons. The summed E-state index contributed by atoms with van der Waals surface area (Å²) in [4.78, 5) is 12.6. The maximum Gasteiger partial charge on any atom is 0.261 e. The van der Waals surface area contributed by atoms with Gasteiger partial charge in [0.15, 0.2) is 0 Å². The van der Waals surface area contributed by atoms with Crippen LogP contribution in [0.3, 0.4) is 0 Å². The quantitative estimate of drug-likeness (QED) is 0.945. The number of fused-ring (bicyclic) bond motifs is 1. The highest BCUT2D eigenvalue weighted by Crippen LogP contribution is 2.22. The molecule has 1 N–H and O–H groups in total. The molecular formula is C15H14ClNO2S. The normalized spacial score (nSPS) is 17.6. The van der Waals surface area contributed by atoms with Gasteiger partial charge in [0.1, 0.15) is 0 Å². The molecule has 1 aliphatic rings. The lowest BCUT2D eigenvalue weighted by Gasteiger charge is -2.25. The van der Waals surface area contributed by atoms with Crippen LogP contribution in [-0.2, 0) is 17.8 Å². The standard InChI is InChI=1S/C15H14ClNO2S/c16-14-6-5-13(20-14)15(18)17-8-12-7-10-3-1-2-4-11(10)9-19-12/h1-6,12H,7-9H2,(H,17,18). The summed E-state index contributed by atoms with van der Waals surface area (Å²) in [6.07, 6.45) is 0.867. The van der Waals surface area contributed by atoms with E-state index in [-0.39, 0.29) is 12.0 Å². The third-order valence-corrected chi connectivity index (χ3v) is 4.56. The Morgan fingerprint density at radius 3 is 2.85 bits per heavy atom. The van der Waals surface area contributed by atoms with Gasteiger partial charge in [-0.05, 0) is 23.3 Å². The fourth-order valence-electron chi connectivity index (χ4n) is 2.27. The molecule has 1 amide bonds. The van der Waals surface area contributed by atoms with E-state index in [4.69, 9.17) is 16.3 Å². The second-order valence-electron chi connectivity index (χ2n) is 4.72. The van der Waals surface area contributed by atoms with Crippen LogP contribution in [0, 0.1) is 0 Å². The first-order valence-electron chi connectivity index (χ1n) is 6.44. The number of ether oxygens (including phenoxy) is 1. The Kier molecular flexibility index (Phi) is 4.05. The molecule has 0 spiro atoms. The molecule has 0 saturated carbocycles. The molecule has 3 nitrogen and oxygen atoms in total. The van der Waals surface area contributed by atoms with Crippen molar-refractivity contribution in [2.75, 3.05) is 6.54 Å². The zero-order valence-corrected chi connectivity index (χ0v) is 12.3. The van der Waals surface area contributed by atoms with Crippen LogP contribution in [0.2, 0.25) is 4.34 Å². The molecule has 0 saturated heterocycles. The average molecular weight is 308 g/mol. The van der Waals surface area contributed by atoms with Crippen LogP contribution in [0.15, 0.2) is 36.4 Å². The molecule has 20 heavy (non-hydrogen) atoms. The summed E-state index contributed by atoms with van der Waals surface area (Å²) in [5.41, 5.74) is 2.54. The van der Waals surface area contributed by atoms with Gasteiger partial charge < -0.3 is 10.1 Å². The van der Waals surface area contributed by atoms with Crippen LogP contribution in [0.4, 0.5) is 0 Å². The van der Waals surface area contributed by atoms with E-state index in [2.05, 4.69) is 17.4 Å². The molecule has 3 rings (SSSR count). The van der Waals surface area contributed by atoms with Crippen molar-refractivity contribution in [2.45, 2.75) is 19.1 Å². The molecule has 1 atom stereocenters. The van der Waals surface area contributed by atoms with E-state index in [9.17, 15) is 4.79 Å². The van der Waals surface area contributed by atoms with Crippen molar-refractivity contribution in [2.24, 2.45) is 0 Å². The molecule has 1 unspecified atom stereocenters. The number of nitrogens with one attached hydrogen (secondary N) is 1. The summed E-state index contributed by atoms with van der Waals surface area (Å²) in [6, 6.07) is 11.7. The van der Waals surface area contributed by atoms with Crippen molar-refractivity contribution in [1.82, 2.24) is 5.32 Å². The first-order chi connectivity index (χ1) is 9.72. The van der Waals surface area contributed by atoms with E-state index in [1.165, 1.54) is 22.5 Å². The molecule has 1 aromatic heterocycles. The van der Waals surface area contributed by atoms with Crippen LogP contribution in [0.25, 0.3) is 0 Å². The molecule has 1 aromatic carbocycles. The third-order valence-electron chi connectivity index (χ3n) is 3.33. The number of carbonyl (C=O) groups is 1. The molecule has 2 heterocycles. The zero-order valence-electron chi connectivity index (χ0n) is 10.8. The van der Waals surface area contributed by atoms with Gasteiger partial charge in [0.05, 0.1) is 21.9 Å². The van der Waals surface area contributed by atoms with Crippen LogP contribution in [0.5, 0.6) is 0 Å². The summed E-state index contributed by atoms with van der Waals surface area (Å²) >= 11 is 7.11. The van der Waals surface area contributed by atoms with E-state index in [0.29, 0.717) is 22.4 Å². The number of hydrogen-bond donors (Lipinski definition) is 1. The Balaban J connectivity index is 1.56. The smallest absolute Gasteiger partial charge is 0.261 e. The zero-order chi connectivity index (χ0) is 13.9. The summed E-state index contributed by atoms with van der Waals surface area (Å²) in [7, 11) is 0. The highest BCUT2D eigenvalue weighted by molar-refractivity contribution is 7.17. The van der Waals surface area contributed by atoms with Crippen molar-refractivity contribution in [3.63, 3.8) is 0 Å². The van der Waals surface area contributed by atoms with Gasteiger partial charge in [0, 0.05) is 13.0 Å². The lowest BCUT2D eigenvalue weighted by atomic mass is 9.99. The summed E-state index contributed by atoms with van der Waals surface area (Å²) in [5, 5.41) is 2.90. The number of rotatable bonds is 3. The van der Waals surface area contributed by atoms with Gasteiger partial charge in [-0.25, -0.2) is 0 Å². The molecule has 0 radical (unpaired) electrons. The largest absolute Gasteiger partial charge is 0.371 e. The van der Waals surface area contributed by atoms with E-state index in [1.807, 2.05) is 12.1 Å². The van der Waals surface area contributed by atoms with Crippen molar-refractivity contribution in [1.29, 1.82) is 0 Å². The second-order valence-corrected chi connectivity index (χ2v) is 6.43. The lowest BCUT2D eigenvalue weighted by molar-refractivity contribution is 0.0285. The fraction of sp³-hybridized carbons (Fsp3) is 0.267. The molecule has 0 bridgehead atoms. The Morgan fingerprint density at radius 2 is 2.10 bits per heavy atom. The molecule has 0 aliphatic carbocycles. The number of thiophene rings is 1. The van der Waals surface area contributed by atoms with Gasteiger partial charge in [0.2, 0.25) is 0 Å². The van der Waals surface area contributed by atoms with Crippen molar-refractivity contribution in [3.05, 3.63) is 56.7 Å². The maximum absolute atomic E-state index is 11.9. The van der Waals surface area contributed by atoms with Crippen molar-refractivity contribution in [3.8, 4) is 0 Å². The van der Waals surface area contributed by atoms with Crippen LogP contribution in [-0.4, -0.2) is 18.6 Å². The summed E-state index contributed by atoms with van der Waals surface area (Å²) < 4.78 is 6.38. The first-order valence-corrected chi connectivity index (χ1v) is 7.64. The van der Waals surface area contributed by atoms with Gasteiger partial charge in [0.25, 0.3) is 5.91 Å². The average Bonchev–Trinajstić information content (AvgIpc) is 2.91. The van der Waals surface area contributed by atoms with Gasteiger partial charge in [-0.2, -0.15) is 0 Å². The maximum atomic E-state index is 11.9. The fourth-order valence-corrected chi connectivity index (χ4v) is 3.23. The van der Waals surface area contributed by atoms with Gasteiger partial charge in [-0.1, -0.05) is 35.9 Å². The number of hydrogen-bond acceptors (Lipinski definition) is 3. The minimum atomic E-state index is -0.0932. The molecule has 2 aromatic rings. The Morgan fingerprint density at radius 1 is 1.30 bits per heavy atom. The lowest BCUT2D eigenvalue weighted by Crippen LogP contribution is -2.36. The molecular weight excluding hydrogens is 294 g/mol. The van der Waals surface area contributed by atoms with Crippen LogP contribution in [0.1, 0.15) is 20.8 Å².